The number of hydrogen-bond acceptors (Lipinski definition) is 3. The first-order valence-electron chi connectivity index (χ1n) is 7.41. The summed E-state index contributed by atoms with van der Waals surface area (Å²) in [6.45, 7) is 5.32. The van der Waals surface area contributed by atoms with E-state index in [1.165, 1.54) is 29.5 Å². The zero-order valence-electron chi connectivity index (χ0n) is 13.6. The van der Waals surface area contributed by atoms with Crippen LogP contribution in [0.1, 0.15) is 37.9 Å². The minimum atomic E-state index is -4.35. The number of amides is 1. The Balaban J connectivity index is 2.01. The predicted molar refractivity (Wildman–Crippen MR) is 82.1 cm³/mol. The maximum absolute atomic E-state index is 12.6. The van der Waals surface area contributed by atoms with Gasteiger partial charge in [-0.15, -0.1) is 0 Å². The highest BCUT2D eigenvalue weighted by Crippen LogP contribution is 2.29. The van der Waals surface area contributed by atoms with Crippen molar-refractivity contribution in [1.29, 1.82) is 0 Å². The van der Waals surface area contributed by atoms with Gasteiger partial charge in [-0.3, -0.25) is 4.79 Å². The highest BCUT2D eigenvalue weighted by molar-refractivity contribution is 5.80. The lowest BCUT2D eigenvalue weighted by molar-refractivity contribution is -0.137. The molecule has 1 aromatic carbocycles. The number of rotatable bonds is 5. The minimum Gasteiger partial charge on any atom is -0.349 e. The first-order chi connectivity index (χ1) is 11.1. The zero-order valence-corrected chi connectivity index (χ0v) is 13.6. The second-order valence-corrected chi connectivity index (χ2v) is 6.30. The van der Waals surface area contributed by atoms with Crippen LogP contribution in [0, 0.1) is 0 Å². The predicted octanol–water partition coefficient (Wildman–Crippen LogP) is 3.00. The third kappa shape index (κ3) is 4.56. The van der Waals surface area contributed by atoms with Crippen molar-refractivity contribution in [2.24, 2.45) is 0 Å². The second-order valence-electron chi connectivity index (χ2n) is 6.30. The van der Waals surface area contributed by atoms with Gasteiger partial charge in [0.05, 0.1) is 5.56 Å². The Kier molecular flexibility index (Phi) is 4.96. The largest absolute Gasteiger partial charge is 0.416 e. The SMILES string of the molecule is C[C@@H](C(=O)NC(C)(C)Cc1ccc(C(F)(F)F)cc1)n1cncn1. The molecular formula is C16H19F3N4O. The lowest BCUT2D eigenvalue weighted by Gasteiger charge is -2.28. The molecule has 24 heavy (non-hydrogen) atoms. The van der Waals surface area contributed by atoms with Crippen molar-refractivity contribution >= 4 is 5.91 Å². The fourth-order valence-corrected chi connectivity index (χ4v) is 2.34. The maximum atomic E-state index is 12.6. The van der Waals surface area contributed by atoms with Crippen molar-refractivity contribution in [2.45, 2.75) is 44.9 Å². The van der Waals surface area contributed by atoms with Crippen LogP contribution in [0.4, 0.5) is 13.2 Å². The van der Waals surface area contributed by atoms with E-state index < -0.39 is 23.3 Å². The molecule has 0 aliphatic rings. The molecule has 0 saturated carbocycles. The van der Waals surface area contributed by atoms with Crippen LogP contribution in [0.25, 0.3) is 0 Å². The Morgan fingerprint density at radius 3 is 2.38 bits per heavy atom. The van der Waals surface area contributed by atoms with Crippen LogP contribution in [-0.4, -0.2) is 26.2 Å². The van der Waals surface area contributed by atoms with Crippen molar-refractivity contribution < 1.29 is 18.0 Å². The van der Waals surface area contributed by atoms with Crippen molar-refractivity contribution in [2.75, 3.05) is 0 Å². The Morgan fingerprint density at radius 2 is 1.88 bits per heavy atom. The van der Waals surface area contributed by atoms with E-state index in [0.29, 0.717) is 12.0 Å². The van der Waals surface area contributed by atoms with Gasteiger partial charge in [0.25, 0.3) is 0 Å². The molecule has 0 unspecified atom stereocenters. The molecule has 2 rings (SSSR count). The maximum Gasteiger partial charge on any atom is 0.416 e. The van der Waals surface area contributed by atoms with Crippen LogP contribution in [-0.2, 0) is 17.4 Å². The highest BCUT2D eigenvalue weighted by Gasteiger charge is 2.30. The summed E-state index contributed by atoms with van der Waals surface area (Å²) in [5.74, 6) is -0.239. The van der Waals surface area contributed by atoms with E-state index in [1.807, 2.05) is 13.8 Å². The van der Waals surface area contributed by atoms with Gasteiger partial charge < -0.3 is 5.32 Å². The summed E-state index contributed by atoms with van der Waals surface area (Å²) in [7, 11) is 0. The summed E-state index contributed by atoms with van der Waals surface area (Å²) in [5, 5.41) is 6.81. The van der Waals surface area contributed by atoms with Crippen molar-refractivity contribution in [3.8, 4) is 0 Å². The van der Waals surface area contributed by atoms with Gasteiger partial charge >= 0.3 is 6.18 Å². The summed E-state index contributed by atoms with van der Waals surface area (Å²) in [4.78, 5) is 16.1. The van der Waals surface area contributed by atoms with E-state index in [4.69, 9.17) is 0 Å². The molecule has 0 radical (unpaired) electrons. The van der Waals surface area contributed by atoms with Gasteiger partial charge in [-0.05, 0) is 44.9 Å². The van der Waals surface area contributed by atoms with Gasteiger partial charge in [0.15, 0.2) is 0 Å². The summed E-state index contributed by atoms with van der Waals surface area (Å²) in [6.07, 6.45) is -1.15. The van der Waals surface area contributed by atoms with Crippen molar-refractivity contribution in [1.82, 2.24) is 20.1 Å². The fourth-order valence-electron chi connectivity index (χ4n) is 2.34. The molecule has 0 aliphatic heterocycles. The smallest absolute Gasteiger partial charge is 0.349 e. The van der Waals surface area contributed by atoms with Gasteiger partial charge in [0, 0.05) is 5.54 Å². The lowest BCUT2D eigenvalue weighted by atomic mass is 9.94. The molecule has 1 aromatic heterocycles. The van der Waals surface area contributed by atoms with E-state index in [9.17, 15) is 18.0 Å². The monoisotopic (exact) mass is 340 g/mol. The molecule has 1 N–H and O–H groups in total. The number of carbonyl (C=O) groups is 1. The van der Waals surface area contributed by atoms with Crippen LogP contribution in [0.3, 0.4) is 0 Å². The molecule has 0 fully saturated rings. The fraction of sp³-hybridized carbons (Fsp3) is 0.438. The van der Waals surface area contributed by atoms with Gasteiger partial charge in [0.2, 0.25) is 5.91 Å². The van der Waals surface area contributed by atoms with Gasteiger partial charge in [-0.1, -0.05) is 12.1 Å². The Bertz CT molecular complexity index is 678. The quantitative estimate of drug-likeness (QED) is 0.910. The summed E-state index contributed by atoms with van der Waals surface area (Å²) < 4.78 is 39.2. The van der Waals surface area contributed by atoms with E-state index in [-0.39, 0.29) is 5.91 Å². The standard InChI is InChI=1S/C16H19F3N4O/c1-11(23-10-20-9-21-23)14(24)22-15(2,3)8-12-4-6-13(7-5-12)16(17,18)19/h4-7,9-11H,8H2,1-3H3,(H,22,24)/t11-/m0/s1. The zero-order chi connectivity index (χ0) is 18.0. The second kappa shape index (κ2) is 6.62. The lowest BCUT2D eigenvalue weighted by Crippen LogP contribution is -2.47. The number of nitrogens with one attached hydrogen (secondary N) is 1. The average Bonchev–Trinajstić information content (AvgIpc) is 2.99. The van der Waals surface area contributed by atoms with Crippen LogP contribution in [0.15, 0.2) is 36.9 Å². The average molecular weight is 340 g/mol. The number of carbonyl (C=O) groups excluding carboxylic acids is 1. The van der Waals surface area contributed by atoms with Gasteiger partial charge in [-0.2, -0.15) is 18.3 Å². The Morgan fingerprint density at radius 1 is 1.25 bits per heavy atom. The van der Waals surface area contributed by atoms with Crippen LogP contribution in [0.2, 0.25) is 0 Å². The van der Waals surface area contributed by atoms with E-state index in [1.54, 1.807) is 6.92 Å². The van der Waals surface area contributed by atoms with Crippen molar-refractivity contribution in [3.05, 3.63) is 48.0 Å². The molecule has 0 aliphatic carbocycles. The summed E-state index contributed by atoms with van der Waals surface area (Å²) in [6, 6.07) is 4.42. The number of aromatic nitrogens is 3. The third-order valence-corrected chi connectivity index (χ3v) is 3.60. The van der Waals surface area contributed by atoms with Crippen molar-refractivity contribution in [3.63, 3.8) is 0 Å². The van der Waals surface area contributed by atoms with Gasteiger partial charge in [-0.25, -0.2) is 9.67 Å². The van der Waals surface area contributed by atoms with E-state index in [2.05, 4.69) is 15.4 Å². The van der Waals surface area contributed by atoms with Crippen LogP contribution < -0.4 is 5.32 Å². The number of nitrogens with zero attached hydrogens (tertiary/aromatic N) is 3. The summed E-state index contributed by atoms with van der Waals surface area (Å²) in [5.41, 5.74) is -0.597. The molecule has 0 spiro atoms. The van der Waals surface area contributed by atoms with E-state index in [0.717, 1.165) is 12.1 Å². The molecule has 1 heterocycles. The normalized spacial score (nSPS) is 13.6. The van der Waals surface area contributed by atoms with Crippen LogP contribution >= 0.6 is 0 Å². The molecule has 2 aromatic rings. The first-order valence-corrected chi connectivity index (χ1v) is 7.41. The number of hydrogen-bond donors (Lipinski definition) is 1. The molecule has 1 amide bonds. The molecule has 1 atom stereocenters. The minimum absolute atomic E-state index is 0.239. The number of alkyl halides is 3. The highest BCUT2D eigenvalue weighted by atomic mass is 19.4. The van der Waals surface area contributed by atoms with E-state index >= 15 is 0 Å². The molecule has 0 bridgehead atoms. The number of benzene rings is 1. The first kappa shape index (κ1) is 18.0. The molecule has 130 valence electrons. The summed E-state index contributed by atoms with van der Waals surface area (Å²) >= 11 is 0. The molecule has 5 nitrogen and oxygen atoms in total. The Labute approximate surface area is 137 Å². The molecular weight excluding hydrogens is 321 g/mol. The molecule has 0 saturated heterocycles. The van der Waals surface area contributed by atoms with Crippen LogP contribution in [0.5, 0.6) is 0 Å². The third-order valence-electron chi connectivity index (χ3n) is 3.60. The topological polar surface area (TPSA) is 59.8 Å². The molecule has 8 heteroatoms. The Hall–Kier alpha value is -2.38. The number of halogens is 3. The van der Waals surface area contributed by atoms with Gasteiger partial charge in [0.1, 0.15) is 18.7 Å².